The Bertz CT molecular complexity index is 775. The minimum Gasteiger partial charge on any atom is -0.300 e. The van der Waals surface area contributed by atoms with Gasteiger partial charge in [0.05, 0.1) is 5.75 Å². The summed E-state index contributed by atoms with van der Waals surface area (Å²) in [7, 11) is 0. The Morgan fingerprint density at radius 2 is 1.62 bits per heavy atom. The van der Waals surface area contributed by atoms with Gasteiger partial charge in [-0.2, -0.15) is 0 Å². The number of benzene rings is 2. The van der Waals surface area contributed by atoms with E-state index in [0.717, 1.165) is 17.2 Å². The molecular formula is C18H17N3OS2. The SMILES string of the molecule is O=C(CSCc1ccccc1)Nc1nnc(Cc2ccccc2)s1. The first-order chi connectivity index (χ1) is 11.8. The summed E-state index contributed by atoms with van der Waals surface area (Å²) in [6.07, 6.45) is 0.733. The highest BCUT2D eigenvalue weighted by Gasteiger charge is 2.09. The van der Waals surface area contributed by atoms with E-state index in [1.807, 2.05) is 36.4 Å². The van der Waals surface area contributed by atoms with Crippen molar-refractivity contribution in [1.29, 1.82) is 0 Å². The van der Waals surface area contributed by atoms with E-state index >= 15 is 0 Å². The van der Waals surface area contributed by atoms with Gasteiger partial charge in [0.1, 0.15) is 5.01 Å². The molecule has 0 bridgehead atoms. The second-order valence-electron chi connectivity index (χ2n) is 5.19. The summed E-state index contributed by atoms with van der Waals surface area (Å²) in [6, 6.07) is 20.2. The Labute approximate surface area is 149 Å². The van der Waals surface area contributed by atoms with Gasteiger partial charge in [-0.25, -0.2) is 0 Å². The van der Waals surface area contributed by atoms with Crippen LogP contribution in [0.15, 0.2) is 60.7 Å². The van der Waals surface area contributed by atoms with Crippen LogP contribution in [-0.2, 0) is 17.0 Å². The predicted molar refractivity (Wildman–Crippen MR) is 100 cm³/mol. The number of carbonyl (C=O) groups excluding carboxylic acids is 1. The van der Waals surface area contributed by atoms with Gasteiger partial charge >= 0.3 is 0 Å². The maximum atomic E-state index is 12.0. The maximum Gasteiger partial charge on any atom is 0.236 e. The summed E-state index contributed by atoms with van der Waals surface area (Å²) in [5.74, 6) is 1.19. The highest BCUT2D eigenvalue weighted by molar-refractivity contribution is 7.99. The van der Waals surface area contributed by atoms with Gasteiger partial charge in [-0.1, -0.05) is 72.0 Å². The molecule has 1 N–H and O–H groups in total. The van der Waals surface area contributed by atoms with Gasteiger partial charge in [0.15, 0.2) is 0 Å². The van der Waals surface area contributed by atoms with E-state index < -0.39 is 0 Å². The largest absolute Gasteiger partial charge is 0.300 e. The quantitative estimate of drug-likeness (QED) is 0.696. The first kappa shape index (κ1) is 16.7. The number of aromatic nitrogens is 2. The van der Waals surface area contributed by atoms with Crippen LogP contribution in [0.4, 0.5) is 5.13 Å². The molecule has 2 aromatic carbocycles. The lowest BCUT2D eigenvalue weighted by Gasteiger charge is -2.02. The molecule has 3 aromatic rings. The molecule has 6 heteroatoms. The van der Waals surface area contributed by atoms with Crippen LogP contribution in [0.2, 0.25) is 0 Å². The zero-order valence-corrected chi connectivity index (χ0v) is 14.6. The number of hydrogen-bond donors (Lipinski definition) is 1. The molecular weight excluding hydrogens is 338 g/mol. The first-order valence-electron chi connectivity index (χ1n) is 7.57. The predicted octanol–water partition coefficient (Wildman–Crippen LogP) is 4.00. The third-order valence-electron chi connectivity index (χ3n) is 3.26. The Hall–Kier alpha value is -2.18. The lowest BCUT2D eigenvalue weighted by atomic mass is 10.2. The molecule has 1 aromatic heterocycles. The Balaban J connectivity index is 1.45. The Morgan fingerprint density at radius 3 is 2.33 bits per heavy atom. The fraction of sp³-hybridized carbons (Fsp3) is 0.167. The Morgan fingerprint density at radius 1 is 0.958 bits per heavy atom. The number of nitrogens with one attached hydrogen (secondary N) is 1. The molecule has 122 valence electrons. The summed E-state index contributed by atoms with van der Waals surface area (Å²) in [6.45, 7) is 0. The number of anilines is 1. The monoisotopic (exact) mass is 355 g/mol. The van der Waals surface area contributed by atoms with Crippen LogP contribution in [-0.4, -0.2) is 21.9 Å². The molecule has 0 aliphatic carbocycles. The molecule has 0 saturated carbocycles. The molecule has 24 heavy (non-hydrogen) atoms. The molecule has 4 nitrogen and oxygen atoms in total. The van der Waals surface area contributed by atoms with Gasteiger partial charge in [-0.15, -0.1) is 22.0 Å². The van der Waals surface area contributed by atoms with Gasteiger partial charge in [0.2, 0.25) is 11.0 Å². The summed E-state index contributed by atoms with van der Waals surface area (Å²) in [5, 5.41) is 12.5. The van der Waals surface area contributed by atoms with Crippen molar-refractivity contribution in [2.24, 2.45) is 0 Å². The van der Waals surface area contributed by atoms with E-state index in [-0.39, 0.29) is 5.91 Å². The standard InChI is InChI=1S/C18H17N3OS2/c22-16(13-23-12-15-9-5-2-6-10-15)19-18-21-20-17(24-18)11-14-7-3-1-4-8-14/h1-10H,11-13H2,(H,19,21,22). The van der Waals surface area contributed by atoms with Gasteiger partial charge in [0.25, 0.3) is 0 Å². The van der Waals surface area contributed by atoms with Crippen molar-refractivity contribution in [2.45, 2.75) is 12.2 Å². The van der Waals surface area contributed by atoms with Crippen LogP contribution < -0.4 is 5.32 Å². The van der Waals surface area contributed by atoms with Gasteiger partial charge in [0, 0.05) is 12.2 Å². The zero-order valence-electron chi connectivity index (χ0n) is 13.0. The first-order valence-corrected chi connectivity index (χ1v) is 9.54. The highest BCUT2D eigenvalue weighted by atomic mass is 32.2. The van der Waals surface area contributed by atoms with Crippen molar-refractivity contribution < 1.29 is 4.79 Å². The number of rotatable bonds is 7. The topological polar surface area (TPSA) is 54.9 Å². The molecule has 3 rings (SSSR count). The van der Waals surface area contributed by atoms with Crippen molar-refractivity contribution in [3.63, 3.8) is 0 Å². The smallest absolute Gasteiger partial charge is 0.236 e. The summed E-state index contributed by atoms with van der Waals surface area (Å²) in [4.78, 5) is 12.0. The minimum absolute atomic E-state index is 0.0432. The number of carbonyl (C=O) groups is 1. The molecule has 0 atom stereocenters. The van der Waals surface area contributed by atoms with E-state index in [4.69, 9.17) is 0 Å². The number of thioether (sulfide) groups is 1. The van der Waals surface area contributed by atoms with Crippen molar-refractivity contribution in [3.8, 4) is 0 Å². The summed E-state index contributed by atoms with van der Waals surface area (Å²) < 4.78 is 0. The highest BCUT2D eigenvalue weighted by Crippen LogP contribution is 2.19. The fourth-order valence-electron chi connectivity index (χ4n) is 2.14. The molecule has 1 heterocycles. The molecule has 0 spiro atoms. The molecule has 0 fully saturated rings. The van der Waals surface area contributed by atoms with Crippen molar-refractivity contribution in [3.05, 3.63) is 76.8 Å². The van der Waals surface area contributed by atoms with Crippen LogP contribution in [0.25, 0.3) is 0 Å². The lowest BCUT2D eigenvalue weighted by Crippen LogP contribution is -2.13. The van der Waals surface area contributed by atoms with Crippen molar-refractivity contribution in [1.82, 2.24) is 10.2 Å². The van der Waals surface area contributed by atoms with E-state index in [1.165, 1.54) is 22.5 Å². The van der Waals surface area contributed by atoms with E-state index in [2.05, 4.69) is 39.8 Å². The zero-order chi connectivity index (χ0) is 16.6. The van der Waals surface area contributed by atoms with E-state index in [9.17, 15) is 4.79 Å². The van der Waals surface area contributed by atoms with Gasteiger partial charge in [-0.3, -0.25) is 10.1 Å². The van der Waals surface area contributed by atoms with E-state index in [1.54, 1.807) is 11.8 Å². The molecule has 0 saturated heterocycles. The van der Waals surface area contributed by atoms with Crippen LogP contribution in [0.3, 0.4) is 0 Å². The lowest BCUT2D eigenvalue weighted by molar-refractivity contribution is -0.113. The normalized spacial score (nSPS) is 10.5. The summed E-state index contributed by atoms with van der Waals surface area (Å²) in [5.41, 5.74) is 2.40. The van der Waals surface area contributed by atoms with Crippen LogP contribution in [0.5, 0.6) is 0 Å². The molecule has 0 aliphatic heterocycles. The number of hydrogen-bond acceptors (Lipinski definition) is 5. The van der Waals surface area contributed by atoms with Crippen LogP contribution in [0, 0.1) is 0 Å². The van der Waals surface area contributed by atoms with Crippen LogP contribution >= 0.6 is 23.1 Å². The second kappa shape index (κ2) is 8.61. The second-order valence-corrected chi connectivity index (χ2v) is 7.24. The maximum absolute atomic E-state index is 12.0. The Kier molecular flexibility index (Phi) is 5.98. The number of nitrogens with zero attached hydrogens (tertiary/aromatic N) is 2. The summed E-state index contributed by atoms with van der Waals surface area (Å²) >= 11 is 3.01. The molecule has 0 unspecified atom stereocenters. The average Bonchev–Trinajstić information content (AvgIpc) is 3.03. The van der Waals surface area contributed by atoms with Crippen molar-refractivity contribution >= 4 is 34.1 Å². The van der Waals surface area contributed by atoms with Crippen LogP contribution in [0.1, 0.15) is 16.1 Å². The number of amides is 1. The molecule has 1 amide bonds. The molecule has 0 aliphatic rings. The average molecular weight is 355 g/mol. The van der Waals surface area contributed by atoms with E-state index in [0.29, 0.717) is 10.9 Å². The molecule has 0 radical (unpaired) electrons. The third-order valence-corrected chi connectivity index (χ3v) is 5.10. The van der Waals surface area contributed by atoms with Crippen molar-refractivity contribution in [2.75, 3.05) is 11.1 Å². The minimum atomic E-state index is -0.0432. The fourth-order valence-corrected chi connectivity index (χ4v) is 3.72. The third kappa shape index (κ3) is 5.18. The van der Waals surface area contributed by atoms with Gasteiger partial charge < -0.3 is 0 Å². The van der Waals surface area contributed by atoms with Gasteiger partial charge in [-0.05, 0) is 11.1 Å².